The highest BCUT2D eigenvalue weighted by Crippen LogP contribution is 2.27. The van der Waals surface area contributed by atoms with E-state index in [1.165, 1.54) is 31.1 Å². The molecule has 17 heteroatoms. The smallest absolute Gasteiger partial charge is 0.329 e. The predicted octanol–water partition coefficient (Wildman–Crippen LogP) is -0.621. The van der Waals surface area contributed by atoms with Gasteiger partial charge in [0.15, 0.2) is 18.0 Å². The summed E-state index contributed by atoms with van der Waals surface area (Å²) in [5.41, 5.74) is 11.1. The van der Waals surface area contributed by atoms with Crippen LogP contribution in [0, 0.1) is 17.8 Å². The molecule has 1 aliphatic heterocycles. The molecule has 0 saturated carbocycles. The number of carboxylic acid groups (broad SMARTS) is 1. The van der Waals surface area contributed by atoms with Gasteiger partial charge in [-0.1, -0.05) is 77.8 Å². The monoisotopic (exact) mass is 749 g/mol. The second-order valence-corrected chi connectivity index (χ2v) is 13.8. The minimum atomic E-state index is -1.68. The topological polar surface area (TPSA) is 279 Å². The predicted molar refractivity (Wildman–Crippen MR) is 196 cm³/mol. The van der Waals surface area contributed by atoms with E-state index in [0.29, 0.717) is 37.8 Å². The van der Waals surface area contributed by atoms with Crippen molar-refractivity contribution >= 4 is 35.6 Å². The van der Waals surface area contributed by atoms with Gasteiger partial charge in [0, 0.05) is 13.7 Å². The molecule has 0 unspecified atom stereocenters. The Bertz CT molecular complexity index is 1400. The Morgan fingerprint density at radius 3 is 2.06 bits per heavy atom. The highest BCUT2D eigenvalue weighted by Gasteiger charge is 2.42. The molecule has 1 heterocycles. The van der Waals surface area contributed by atoms with E-state index < -0.39 is 90.7 Å². The average Bonchev–Trinajstić information content (AvgIpc) is 3.65. The number of aliphatic hydroxyl groups is 3. The summed E-state index contributed by atoms with van der Waals surface area (Å²) in [5.74, 6) is -5.98. The summed E-state index contributed by atoms with van der Waals surface area (Å²) in [6, 6.07) is 2.53. The summed E-state index contributed by atoms with van der Waals surface area (Å²) in [6.07, 6.45) is -1.87. The van der Waals surface area contributed by atoms with Crippen LogP contribution in [0.4, 0.5) is 0 Å². The Morgan fingerprint density at radius 1 is 0.925 bits per heavy atom. The zero-order valence-corrected chi connectivity index (χ0v) is 31.5. The van der Waals surface area contributed by atoms with Crippen LogP contribution >= 0.6 is 0 Å². The maximum Gasteiger partial charge on any atom is 0.329 e. The summed E-state index contributed by atoms with van der Waals surface area (Å²) >= 11 is 0. The fraction of sp³-hybridized carbons (Fsp3) is 0.667. The van der Waals surface area contributed by atoms with Crippen LogP contribution in [0.3, 0.4) is 0 Å². The maximum absolute atomic E-state index is 13.9. The number of nitrogens with zero attached hydrogens (tertiary/aromatic N) is 2. The number of nitrogens with two attached hydrogens (primary N) is 2. The lowest BCUT2D eigenvalue weighted by Gasteiger charge is -2.36. The molecule has 0 bridgehead atoms. The number of aliphatic imine (C=N–C) groups is 1. The molecule has 1 fully saturated rings. The SMILES string of the molecule is CC[C@H](C)[C@H](NC(=O)[C@@H](NC(=O)[C@@H](CO)N=C(N)N)[C@@H](C)CC)[C@@H](CC(=O)N1CCC[C@H]1[C@H](O)[C@@H](C)C(=O)N[C@H](C(=O)O)[C@H](O)c1ccccc1)OC. The first kappa shape index (κ1) is 44.8. The highest BCUT2D eigenvalue weighted by molar-refractivity contribution is 5.92. The lowest BCUT2D eigenvalue weighted by Crippen LogP contribution is -2.58. The maximum atomic E-state index is 13.9. The number of carbonyl (C=O) groups is 5. The summed E-state index contributed by atoms with van der Waals surface area (Å²) in [5, 5.41) is 49.4. The second-order valence-electron chi connectivity index (χ2n) is 13.8. The van der Waals surface area contributed by atoms with Crippen LogP contribution in [0.25, 0.3) is 0 Å². The van der Waals surface area contributed by atoms with Gasteiger partial charge in [0.2, 0.25) is 23.6 Å². The third kappa shape index (κ3) is 12.4. The number of rotatable bonds is 21. The Morgan fingerprint density at radius 2 is 1.53 bits per heavy atom. The van der Waals surface area contributed by atoms with Crippen LogP contribution in [0.15, 0.2) is 35.3 Å². The van der Waals surface area contributed by atoms with Gasteiger partial charge in [0.1, 0.15) is 12.1 Å². The fourth-order valence-corrected chi connectivity index (χ4v) is 6.42. The third-order valence-electron chi connectivity index (χ3n) is 10.2. The molecule has 1 aromatic carbocycles. The van der Waals surface area contributed by atoms with Gasteiger partial charge in [0.25, 0.3) is 0 Å². The highest BCUT2D eigenvalue weighted by atomic mass is 16.5. The first-order valence-electron chi connectivity index (χ1n) is 18.1. The van der Waals surface area contributed by atoms with Crippen LogP contribution in [-0.4, -0.2) is 124 Å². The van der Waals surface area contributed by atoms with E-state index in [2.05, 4.69) is 20.9 Å². The van der Waals surface area contributed by atoms with Crippen molar-refractivity contribution in [1.29, 1.82) is 0 Å². The van der Waals surface area contributed by atoms with Gasteiger partial charge >= 0.3 is 5.97 Å². The molecular formula is C36H59N7O10. The quantitative estimate of drug-likeness (QED) is 0.0562. The van der Waals surface area contributed by atoms with Gasteiger partial charge in [-0.25, -0.2) is 9.79 Å². The number of amides is 4. The number of carbonyl (C=O) groups excluding carboxylic acids is 4. The summed E-state index contributed by atoms with van der Waals surface area (Å²) in [6.45, 7) is 8.47. The van der Waals surface area contributed by atoms with Crippen LogP contribution < -0.4 is 27.4 Å². The molecule has 1 saturated heterocycles. The van der Waals surface area contributed by atoms with E-state index in [0.717, 1.165) is 0 Å². The van der Waals surface area contributed by atoms with Gasteiger partial charge in [-0.05, 0) is 30.2 Å². The Labute approximate surface area is 310 Å². The molecular weight excluding hydrogens is 690 g/mol. The Balaban J connectivity index is 2.22. The molecule has 11 atom stereocenters. The number of aliphatic carboxylic acids is 1. The normalized spacial score (nSPS) is 19.9. The minimum Gasteiger partial charge on any atom is -0.480 e. The Kier molecular flexibility index (Phi) is 18.1. The van der Waals surface area contributed by atoms with Gasteiger partial charge in [-0.3, -0.25) is 19.2 Å². The number of guanidine groups is 1. The molecule has 0 radical (unpaired) electrons. The number of aliphatic hydroxyl groups excluding tert-OH is 3. The summed E-state index contributed by atoms with van der Waals surface area (Å²) in [7, 11) is 1.42. The lowest BCUT2D eigenvalue weighted by molar-refractivity contribution is -0.147. The van der Waals surface area contributed by atoms with E-state index >= 15 is 0 Å². The van der Waals surface area contributed by atoms with Gasteiger partial charge in [0.05, 0.1) is 43.2 Å². The molecule has 2 rings (SSSR count). The fourth-order valence-electron chi connectivity index (χ4n) is 6.42. The molecule has 0 aliphatic carbocycles. The van der Waals surface area contributed by atoms with E-state index in [9.17, 15) is 44.4 Å². The molecule has 1 aromatic rings. The largest absolute Gasteiger partial charge is 0.480 e. The summed E-state index contributed by atoms with van der Waals surface area (Å²) in [4.78, 5) is 71.0. The standard InChI is InChI=1S/C36H59N7O10/c1-7-19(3)27(40-34(50)28(20(4)8-2)41-33(49)23(18-44)39-36(37)38)25(53-6)17-26(45)43-16-12-15-24(43)30(46)21(5)32(48)42-29(35(51)52)31(47)22-13-10-9-11-14-22/h9-11,13-14,19-21,23-25,27-31,44,46-47H,7-8,12,15-18H2,1-6H3,(H,40,50)(H,41,49)(H,42,48)(H,51,52)(H4,37,38,39)/t19-,20-,21+,23+,24-,25+,27-,28-,29-,30+,31+/m0/s1. The lowest BCUT2D eigenvalue weighted by atomic mass is 9.90. The Hall–Kier alpha value is -4.32. The minimum absolute atomic E-state index is 0.183. The molecule has 1 aliphatic rings. The number of ether oxygens (including phenoxy) is 1. The molecule has 11 N–H and O–H groups in total. The summed E-state index contributed by atoms with van der Waals surface area (Å²) < 4.78 is 5.79. The van der Waals surface area contributed by atoms with E-state index in [-0.39, 0.29) is 24.2 Å². The number of methoxy groups -OCH3 is 1. The zero-order chi connectivity index (χ0) is 40.0. The molecule has 0 spiro atoms. The van der Waals surface area contributed by atoms with Crippen molar-refractivity contribution in [3.63, 3.8) is 0 Å². The van der Waals surface area contributed by atoms with Crippen LogP contribution in [0.5, 0.6) is 0 Å². The molecule has 298 valence electrons. The molecule has 0 aromatic heterocycles. The van der Waals surface area contributed by atoms with Gasteiger partial charge in [-0.2, -0.15) is 0 Å². The van der Waals surface area contributed by atoms with Gasteiger partial charge < -0.3 is 57.5 Å². The molecule has 4 amide bonds. The zero-order valence-electron chi connectivity index (χ0n) is 31.5. The van der Waals surface area contributed by atoms with Crippen molar-refractivity contribution in [2.75, 3.05) is 20.3 Å². The number of hydrogen-bond donors (Lipinski definition) is 9. The first-order valence-corrected chi connectivity index (χ1v) is 18.1. The van der Waals surface area contributed by atoms with Crippen molar-refractivity contribution in [3.05, 3.63) is 35.9 Å². The number of nitrogens with one attached hydrogen (secondary N) is 3. The first-order chi connectivity index (χ1) is 25.0. The van der Waals surface area contributed by atoms with Crippen LogP contribution in [0.1, 0.15) is 78.4 Å². The van der Waals surface area contributed by atoms with Crippen molar-refractivity contribution in [3.8, 4) is 0 Å². The van der Waals surface area contributed by atoms with Crippen LogP contribution in [-0.2, 0) is 28.7 Å². The van der Waals surface area contributed by atoms with E-state index in [1.54, 1.807) is 25.1 Å². The van der Waals surface area contributed by atoms with Gasteiger partial charge in [-0.15, -0.1) is 0 Å². The number of carboxylic acids is 1. The van der Waals surface area contributed by atoms with Crippen LogP contribution in [0.2, 0.25) is 0 Å². The number of hydrogen-bond acceptors (Lipinski definition) is 10. The van der Waals surface area contributed by atoms with Crippen molar-refractivity contribution in [2.24, 2.45) is 34.2 Å². The van der Waals surface area contributed by atoms with Crippen molar-refractivity contribution < 1.29 is 49.1 Å². The second kappa shape index (κ2) is 21.4. The number of benzene rings is 1. The number of likely N-dealkylation sites (tertiary alicyclic amines) is 1. The van der Waals surface area contributed by atoms with Crippen molar-refractivity contribution in [1.82, 2.24) is 20.9 Å². The molecule has 17 nitrogen and oxygen atoms in total. The molecule has 53 heavy (non-hydrogen) atoms. The van der Waals surface area contributed by atoms with E-state index in [1.807, 2.05) is 20.8 Å². The van der Waals surface area contributed by atoms with E-state index in [4.69, 9.17) is 16.2 Å². The third-order valence-corrected chi connectivity index (χ3v) is 10.2. The average molecular weight is 750 g/mol. The van der Waals surface area contributed by atoms with Crippen molar-refractivity contribution in [2.45, 2.75) is 115 Å².